The van der Waals surface area contributed by atoms with E-state index in [1.807, 2.05) is 0 Å². The normalized spacial score (nSPS) is 11.8. The maximum atomic E-state index is 13.0. The first-order chi connectivity index (χ1) is 9.95. The lowest BCUT2D eigenvalue weighted by atomic mass is 10.2. The van der Waals surface area contributed by atoms with Gasteiger partial charge >= 0.3 is 0 Å². The molecule has 0 radical (unpaired) electrons. The Kier molecular flexibility index (Phi) is 4.47. The average Bonchev–Trinajstić information content (AvgIpc) is 2.45. The van der Waals surface area contributed by atoms with Crippen molar-refractivity contribution in [2.45, 2.75) is 13.0 Å². The first-order valence-corrected chi connectivity index (χ1v) is 6.24. The van der Waals surface area contributed by atoms with Gasteiger partial charge in [-0.1, -0.05) is 0 Å². The molecule has 110 valence electrons. The van der Waals surface area contributed by atoms with Crippen molar-refractivity contribution in [3.8, 4) is 0 Å². The van der Waals surface area contributed by atoms with Gasteiger partial charge in [-0.2, -0.15) is 0 Å². The minimum absolute atomic E-state index is 0.159. The molecule has 2 aromatic carbocycles. The molecule has 2 rings (SSSR count). The lowest BCUT2D eigenvalue weighted by Gasteiger charge is -2.15. The minimum atomic E-state index is -1.04. The number of carbonyl (C=O) groups is 1. The number of nitrogens with one attached hydrogen (secondary N) is 2. The summed E-state index contributed by atoms with van der Waals surface area (Å²) in [5.41, 5.74) is 0.732. The van der Waals surface area contributed by atoms with Gasteiger partial charge < -0.3 is 10.6 Å². The largest absolute Gasteiger partial charge is 0.374 e. The van der Waals surface area contributed by atoms with Gasteiger partial charge in [0.2, 0.25) is 5.91 Å². The summed E-state index contributed by atoms with van der Waals surface area (Å²) in [5, 5.41) is 5.33. The molecule has 0 fully saturated rings. The predicted molar refractivity (Wildman–Crippen MR) is 74.5 cm³/mol. The molecular weight excluding hydrogens is 281 g/mol. The molecule has 1 atom stereocenters. The van der Waals surface area contributed by atoms with Crippen molar-refractivity contribution in [2.24, 2.45) is 0 Å². The third-order valence-electron chi connectivity index (χ3n) is 2.81. The molecule has 1 amide bonds. The Hall–Kier alpha value is -2.50. The molecule has 3 nitrogen and oxygen atoms in total. The van der Waals surface area contributed by atoms with E-state index in [0.717, 1.165) is 12.1 Å². The predicted octanol–water partition coefficient (Wildman–Crippen LogP) is 3.54. The lowest BCUT2D eigenvalue weighted by molar-refractivity contribution is -0.116. The summed E-state index contributed by atoms with van der Waals surface area (Å²) in [7, 11) is 0. The highest BCUT2D eigenvalue weighted by Gasteiger charge is 2.13. The zero-order valence-corrected chi connectivity index (χ0v) is 11.2. The van der Waals surface area contributed by atoms with E-state index in [0.29, 0.717) is 5.69 Å². The topological polar surface area (TPSA) is 41.1 Å². The summed E-state index contributed by atoms with van der Waals surface area (Å²) in [6.07, 6.45) is 0. The molecule has 21 heavy (non-hydrogen) atoms. The molecule has 0 aliphatic rings. The molecule has 0 aromatic heterocycles. The van der Waals surface area contributed by atoms with Crippen molar-refractivity contribution >= 4 is 17.3 Å². The third kappa shape index (κ3) is 3.98. The van der Waals surface area contributed by atoms with Crippen LogP contribution in [0.4, 0.5) is 24.5 Å². The van der Waals surface area contributed by atoms with Crippen LogP contribution >= 0.6 is 0 Å². The Morgan fingerprint density at radius 3 is 2.19 bits per heavy atom. The third-order valence-corrected chi connectivity index (χ3v) is 2.81. The van der Waals surface area contributed by atoms with Crippen LogP contribution in [0.15, 0.2) is 42.5 Å². The maximum absolute atomic E-state index is 13.0. The van der Waals surface area contributed by atoms with Crippen molar-refractivity contribution < 1.29 is 18.0 Å². The van der Waals surface area contributed by atoms with Crippen molar-refractivity contribution in [1.29, 1.82) is 0 Å². The van der Waals surface area contributed by atoms with E-state index in [-0.39, 0.29) is 11.5 Å². The Labute approximate surface area is 119 Å². The first kappa shape index (κ1) is 14.9. The van der Waals surface area contributed by atoms with Crippen LogP contribution in [0.1, 0.15) is 6.92 Å². The fourth-order valence-corrected chi connectivity index (χ4v) is 1.69. The Balaban J connectivity index is 1.98. The van der Waals surface area contributed by atoms with Gasteiger partial charge in [0.15, 0.2) is 11.6 Å². The van der Waals surface area contributed by atoms with Gasteiger partial charge in [0, 0.05) is 17.4 Å². The van der Waals surface area contributed by atoms with Gasteiger partial charge in [-0.25, -0.2) is 13.2 Å². The average molecular weight is 294 g/mol. The summed E-state index contributed by atoms with van der Waals surface area (Å²) in [6.45, 7) is 1.60. The fourth-order valence-electron chi connectivity index (χ4n) is 1.69. The standard InChI is InChI=1S/C15H13F3N2O/c1-9(19-11-4-2-10(16)3-5-11)15(21)20-12-6-7-13(17)14(18)8-12/h2-9,19H,1H3,(H,20,21). The Morgan fingerprint density at radius 1 is 0.952 bits per heavy atom. The molecule has 0 bridgehead atoms. The second-order valence-electron chi connectivity index (χ2n) is 4.49. The number of amides is 1. The lowest BCUT2D eigenvalue weighted by Crippen LogP contribution is -2.31. The van der Waals surface area contributed by atoms with Crippen molar-refractivity contribution in [3.63, 3.8) is 0 Å². The van der Waals surface area contributed by atoms with Gasteiger partial charge in [0.1, 0.15) is 11.9 Å². The number of hydrogen-bond donors (Lipinski definition) is 2. The molecule has 0 heterocycles. The number of hydrogen-bond acceptors (Lipinski definition) is 2. The number of carbonyl (C=O) groups excluding carboxylic acids is 1. The Morgan fingerprint density at radius 2 is 1.57 bits per heavy atom. The fraction of sp³-hybridized carbons (Fsp3) is 0.133. The minimum Gasteiger partial charge on any atom is -0.374 e. The molecule has 0 spiro atoms. The summed E-state index contributed by atoms with van der Waals surface area (Å²) in [4.78, 5) is 11.9. The van der Waals surface area contributed by atoms with E-state index < -0.39 is 23.6 Å². The second-order valence-corrected chi connectivity index (χ2v) is 4.49. The van der Waals surface area contributed by atoms with Crippen LogP contribution in [0.25, 0.3) is 0 Å². The smallest absolute Gasteiger partial charge is 0.246 e. The Bertz CT molecular complexity index is 644. The van der Waals surface area contributed by atoms with Crippen LogP contribution in [-0.4, -0.2) is 11.9 Å². The number of rotatable bonds is 4. The molecule has 0 aliphatic heterocycles. The van der Waals surface area contributed by atoms with Gasteiger partial charge in [0.05, 0.1) is 0 Å². The van der Waals surface area contributed by atoms with E-state index >= 15 is 0 Å². The van der Waals surface area contributed by atoms with E-state index in [1.54, 1.807) is 6.92 Å². The van der Waals surface area contributed by atoms with E-state index in [4.69, 9.17) is 0 Å². The van der Waals surface area contributed by atoms with Crippen LogP contribution < -0.4 is 10.6 Å². The quantitative estimate of drug-likeness (QED) is 0.905. The van der Waals surface area contributed by atoms with E-state index in [1.165, 1.54) is 30.3 Å². The molecule has 0 saturated carbocycles. The van der Waals surface area contributed by atoms with E-state index in [9.17, 15) is 18.0 Å². The molecule has 1 unspecified atom stereocenters. The van der Waals surface area contributed by atoms with Crippen LogP contribution in [0.3, 0.4) is 0 Å². The van der Waals surface area contributed by atoms with Crippen molar-refractivity contribution in [1.82, 2.24) is 0 Å². The first-order valence-electron chi connectivity index (χ1n) is 6.24. The van der Waals surface area contributed by atoms with Crippen LogP contribution in [0.5, 0.6) is 0 Å². The number of anilines is 2. The van der Waals surface area contributed by atoms with Crippen LogP contribution in [0, 0.1) is 17.5 Å². The number of halogens is 3. The molecule has 0 saturated heterocycles. The highest BCUT2D eigenvalue weighted by atomic mass is 19.2. The van der Waals surface area contributed by atoms with E-state index in [2.05, 4.69) is 10.6 Å². The highest BCUT2D eigenvalue weighted by molar-refractivity contribution is 5.96. The van der Waals surface area contributed by atoms with Gasteiger partial charge in [0.25, 0.3) is 0 Å². The highest BCUT2D eigenvalue weighted by Crippen LogP contribution is 2.14. The van der Waals surface area contributed by atoms with Gasteiger partial charge in [-0.05, 0) is 43.3 Å². The number of benzene rings is 2. The molecule has 2 aromatic rings. The summed E-state index contributed by atoms with van der Waals surface area (Å²) in [5.74, 6) is -2.82. The second kappa shape index (κ2) is 6.30. The van der Waals surface area contributed by atoms with Crippen LogP contribution in [-0.2, 0) is 4.79 Å². The molecule has 6 heteroatoms. The van der Waals surface area contributed by atoms with Gasteiger partial charge in [-0.3, -0.25) is 4.79 Å². The van der Waals surface area contributed by atoms with Gasteiger partial charge in [-0.15, -0.1) is 0 Å². The molecule has 0 aliphatic carbocycles. The monoisotopic (exact) mass is 294 g/mol. The summed E-state index contributed by atoms with van der Waals surface area (Å²) in [6, 6.07) is 7.99. The SMILES string of the molecule is CC(Nc1ccc(F)cc1)C(=O)Nc1ccc(F)c(F)c1. The zero-order valence-electron chi connectivity index (χ0n) is 11.2. The summed E-state index contributed by atoms with van der Waals surface area (Å²) >= 11 is 0. The van der Waals surface area contributed by atoms with Crippen molar-refractivity contribution in [3.05, 3.63) is 59.9 Å². The maximum Gasteiger partial charge on any atom is 0.246 e. The van der Waals surface area contributed by atoms with Crippen LogP contribution in [0.2, 0.25) is 0 Å². The molecular formula is C15H13F3N2O. The summed E-state index contributed by atoms with van der Waals surface area (Å²) < 4.78 is 38.6. The zero-order chi connectivity index (χ0) is 15.4. The molecule has 2 N–H and O–H groups in total. The van der Waals surface area contributed by atoms with Crippen molar-refractivity contribution in [2.75, 3.05) is 10.6 Å².